The Labute approximate surface area is 168 Å². The van der Waals surface area contributed by atoms with Crippen molar-refractivity contribution < 1.29 is 39.5 Å². The monoisotopic (exact) mass is 462 g/mol. The maximum Gasteiger partial charge on any atom is 0.423 e. The van der Waals surface area contributed by atoms with Gasteiger partial charge in [0.1, 0.15) is 18.3 Å². The zero-order valence-electron chi connectivity index (χ0n) is 15.8. The quantitative estimate of drug-likeness (QED) is 0.628. The van der Waals surface area contributed by atoms with Crippen LogP contribution in [0.3, 0.4) is 0 Å². The van der Waals surface area contributed by atoms with Gasteiger partial charge >= 0.3 is 6.18 Å². The van der Waals surface area contributed by atoms with Crippen LogP contribution in [0.25, 0.3) is 0 Å². The van der Waals surface area contributed by atoms with E-state index in [4.69, 9.17) is 4.74 Å². The van der Waals surface area contributed by atoms with Crippen LogP contribution in [-0.2, 0) is 16.2 Å². The van der Waals surface area contributed by atoms with Crippen molar-refractivity contribution in [1.29, 1.82) is 0 Å². The first-order valence-corrected chi connectivity index (χ1v) is 10.9. The Morgan fingerprint density at radius 1 is 1.37 bits per heavy atom. The van der Waals surface area contributed by atoms with Crippen LogP contribution in [-0.4, -0.2) is 67.3 Å². The van der Waals surface area contributed by atoms with Crippen molar-refractivity contribution in [1.82, 2.24) is 14.3 Å². The molecule has 14 heteroatoms. The molecule has 0 bridgehead atoms. The van der Waals surface area contributed by atoms with Gasteiger partial charge in [-0.15, -0.1) is 0 Å². The minimum atomic E-state index is -4.88. The Kier molecular flexibility index (Phi) is 6.11. The lowest BCUT2D eigenvalue weighted by Crippen LogP contribution is -2.49. The molecule has 1 saturated heterocycles. The number of hydrogen-bond donors (Lipinski definition) is 1. The van der Waals surface area contributed by atoms with Crippen molar-refractivity contribution in [3.8, 4) is 5.88 Å². The van der Waals surface area contributed by atoms with Crippen molar-refractivity contribution in [2.24, 2.45) is 5.41 Å². The summed E-state index contributed by atoms with van der Waals surface area (Å²) >= 11 is 0. The Morgan fingerprint density at radius 3 is 2.53 bits per heavy atom. The van der Waals surface area contributed by atoms with Crippen molar-refractivity contribution in [2.75, 3.05) is 31.3 Å². The number of aromatic nitrogens is 2. The molecular formula is C16H20F6N4O3S. The molecule has 7 nitrogen and oxygen atoms in total. The van der Waals surface area contributed by atoms with Crippen LogP contribution in [0.1, 0.15) is 24.8 Å². The van der Waals surface area contributed by atoms with E-state index in [2.05, 4.69) is 15.3 Å². The average Bonchev–Trinajstić information content (AvgIpc) is 3.41. The minimum absolute atomic E-state index is 0.0117. The van der Waals surface area contributed by atoms with E-state index in [1.165, 1.54) is 0 Å². The molecular weight excluding hydrogens is 442 g/mol. The molecule has 2 fully saturated rings. The Morgan fingerprint density at radius 2 is 2.03 bits per heavy atom. The van der Waals surface area contributed by atoms with Crippen molar-refractivity contribution in [3.05, 3.63) is 11.8 Å². The number of alkyl halides is 6. The molecule has 0 radical (unpaired) electrons. The number of ether oxygens (including phenoxy) is 1. The van der Waals surface area contributed by atoms with E-state index < -0.39 is 64.8 Å². The normalized spacial score (nSPS) is 24.7. The molecule has 3 rings (SSSR count). The summed E-state index contributed by atoms with van der Waals surface area (Å²) in [5, 5.41) is 2.54. The van der Waals surface area contributed by atoms with E-state index in [0.717, 1.165) is 10.6 Å². The topological polar surface area (TPSA) is 84.4 Å². The highest BCUT2D eigenvalue weighted by atomic mass is 32.2. The lowest BCUT2D eigenvalue weighted by Gasteiger charge is -2.33. The SMILES string of the molecule is CS(=O)(=O)N1CC[C@H](Nc2ncc(C(F)(F)F)c(OCC3(C(F)F)CC3)n2)[C@@H](F)C1. The van der Waals surface area contributed by atoms with Gasteiger partial charge in [-0.25, -0.2) is 26.6 Å². The van der Waals surface area contributed by atoms with Crippen LogP contribution in [0.5, 0.6) is 5.88 Å². The molecule has 0 unspecified atom stereocenters. The summed E-state index contributed by atoms with van der Waals surface area (Å²) in [5.74, 6) is -1.30. The fourth-order valence-electron chi connectivity index (χ4n) is 3.05. The molecule has 2 heterocycles. The van der Waals surface area contributed by atoms with Crippen molar-refractivity contribution >= 4 is 16.0 Å². The highest BCUT2D eigenvalue weighted by Gasteiger charge is 2.52. The summed E-state index contributed by atoms with van der Waals surface area (Å²) in [4.78, 5) is 7.15. The second kappa shape index (κ2) is 8.02. The van der Waals surface area contributed by atoms with E-state index >= 15 is 0 Å². The number of rotatable bonds is 7. The van der Waals surface area contributed by atoms with Crippen LogP contribution in [0.15, 0.2) is 6.20 Å². The van der Waals surface area contributed by atoms with Gasteiger partial charge in [0, 0.05) is 19.3 Å². The number of halogens is 6. The average molecular weight is 462 g/mol. The smallest absolute Gasteiger partial charge is 0.423 e. The molecule has 0 amide bonds. The zero-order chi connectivity index (χ0) is 22.3. The van der Waals surface area contributed by atoms with Crippen LogP contribution in [0.2, 0.25) is 0 Å². The van der Waals surface area contributed by atoms with Gasteiger partial charge in [-0.3, -0.25) is 0 Å². The number of hydrogen-bond acceptors (Lipinski definition) is 6. The predicted octanol–water partition coefficient (Wildman–Crippen LogP) is 2.70. The molecule has 1 aliphatic heterocycles. The largest absolute Gasteiger partial charge is 0.476 e. The molecule has 2 aliphatic rings. The fraction of sp³-hybridized carbons (Fsp3) is 0.750. The Balaban J connectivity index is 1.74. The Bertz CT molecular complexity index is 878. The summed E-state index contributed by atoms with van der Waals surface area (Å²) in [7, 11) is -3.58. The predicted molar refractivity (Wildman–Crippen MR) is 93.5 cm³/mol. The van der Waals surface area contributed by atoms with E-state index in [9.17, 15) is 34.8 Å². The van der Waals surface area contributed by atoms with Crippen LogP contribution < -0.4 is 10.1 Å². The molecule has 0 spiro atoms. The van der Waals surface area contributed by atoms with E-state index in [1.54, 1.807) is 0 Å². The Hall–Kier alpha value is -1.83. The van der Waals surface area contributed by atoms with Gasteiger partial charge < -0.3 is 10.1 Å². The van der Waals surface area contributed by atoms with Gasteiger partial charge in [0.25, 0.3) is 0 Å². The number of sulfonamides is 1. The van der Waals surface area contributed by atoms with E-state index in [0.29, 0.717) is 6.20 Å². The summed E-state index contributed by atoms with van der Waals surface area (Å²) in [6, 6.07) is -0.941. The minimum Gasteiger partial charge on any atom is -0.476 e. The lowest BCUT2D eigenvalue weighted by molar-refractivity contribution is -0.139. The molecule has 1 N–H and O–H groups in total. The van der Waals surface area contributed by atoms with Crippen LogP contribution in [0.4, 0.5) is 32.3 Å². The maximum atomic E-state index is 14.4. The number of nitrogens with one attached hydrogen (secondary N) is 1. The third-order valence-electron chi connectivity index (χ3n) is 5.20. The van der Waals surface area contributed by atoms with Gasteiger partial charge in [-0.1, -0.05) is 0 Å². The lowest BCUT2D eigenvalue weighted by atomic mass is 10.1. The highest BCUT2D eigenvalue weighted by Crippen LogP contribution is 2.51. The van der Waals surface area contributed by atoms with Crippen molar-refractivity contribution in [3.63, 3.8) is 0 Å². The van der Waals surface area contributed by atoms with Crippen molar-refractivity contribution in [2.45, 2.75) is 44.1 Å². The van der Waals surface area contributed by atoms with Crippen LogP contribution >= 0.6 is 0 Å². The number of piperidine rings is 1. The fourth-order valence-corrected chi connectivity index (χ4v) is 3.90. The second-order valence-corrected chi connectivity index (χ2v) is 9.52. The molecule has 2 atom stereocenters. The second-order valence-electron chi connectivity index (χ2n) is 7.54. The standard InChI is InChI=1S/C16H20F6N4O3S/c1-30(27,28)26-5-2-11(10(17)7-26)24-14-23-6-9(16(20,21)22)12(25-14)29-8-15(3-4-15)13(18)19/h6,10-11,13H,2-5,7-8H2,1H3,(H,23,24,25)/t10-,11-/m0/s1. The third-order valence-corrected chi connectivity index (χ3v) is 6.47. The molecule has 170 valence electrons. The number of nitrogens with zero attached hydrogens (tertiary/aromatic N) is 3. The molecule has 1 aliphatic carbocycles. The molecule has 30 heavy (non-hydrogen) atoms. The van der Waals surface area contributed by atoms with Gasteiger partial charge in [-0.2, -0.15) is 22.5 Å². The highest BCUT2D eigenvalue weighted by molar-refractivity contribution is 7.88. The summed E-state index contributed by atoms with van der Waals surface area (Å²) < 4.78 is 109. The van der Waals surface area contributed by atoms with Gasteiger partial charge in [-0.05, 0) is 19.3 Å². The first-order chi connectivity index (χ1) is 13.8. The van der Waals surface area contributed by atoms with E-state index in [-0.39, 0.29) is 31.8 Å². The summed E-state index contributed by atoms with van der Waals surface area (Å²) in [5.41, 5.74) is -2.81. The molecule has 1 saturated carbocycles. The first-order valence-electron chi connectivity index (χ1n) is 9.03. The summed E-state index contributed by atoms with van der Waals surface area (Å²) in [6.07, 6.45) is -7.60. The number of anilines is 1. The zero-order valence-corrected chi connectivity index (χ0v) is 16.6. The van der Waals surface area contributed by atoms with Gasteiger partial charge in [0.05, 0.1) is 17.7 Å². The maximum absolute atomic E-state index is 14.4. The van der Waals surface area contributed by atoms with Crippen LogP contribution in [0, 0.1) is 5.41 Å². The summed E-state index contributed by atoms with van der Waals surface area (Å²) in [6.45, 7) is -1.04. The van der Waals surface area contributed by atoms with Gasteiger partial charge in [0.15, 0.2) is 0 Å². The third kappa shape index (κ3) is 5.07. The van der Waals surface area contributed by atoms with E-state index in [1.807, 2.05) is 0 Å². The van der Waals surface area contributed by atoms with Gasteiger partial charge in [0.2, 0.25) is 28.3 Å². The molecule has 0 aromatic carbocycles. The first kappa shape index (κ1) is 22.8. The molecule has 1 aromatic heterocycles. The molecule has 1 aromatic rings.